The van der Waals surface area contributed by atoms with E-state index in [-0.39, 0.29) is 41.6 Å². The lowest BCUT2D eigenvalue weighted by Gasteiger charge is -2.15. The van der Waals surface area contributed by atoms with Gasteiger partial charge >= 0.3 is 5.97 Å². The fourth-order valence-corrected chi connectivity index (χ4v) is 3.08. The van der Waals surface area contributed by atoms with Crippen molar-refractivity contribution in [2.45, 2.75) is 43.3 Å². The van der Waals surface area contributed by atoms with Crippen LogP contribution in [0.3, 0.4) is 0 Å². The van der Waals surface area contributed by atoms with Gasteiger partial charge in [0.1, 0.15) is 5.82 Å². The molecule has 0 heterocycles. The van der Waals surface area contributed by atoms with E-state index in [0.717, 1.165) is 0 Å². The number of rotatable bonds is 7. The topological polar surface area (TPSA) is 55.4 Å². The zero-order chi connectivity index (χ0) is 17.6. The highest BCUT2D eigenvalue weighted by molar-refractivity contribution is 8.00. The fourth-order valence-electron chi connectivity index (χ4n) is 1.86. The lowest BCUT2D eigenvalue weighted by molar-refractivity contribution is -0.140. The molecule has 1 N–H and O–H groups in total. The van der Waals surface area contributed by atoms with Crippen LogP contribution in [0, 0.1) is 5.82 Å². The second-order valence-corrected chi connectivity index (χ2v) is 7.13. The maximum atomic E-state index is 13.8. The molecular formula is C16H21ClFNO3S. The number of benzene rings is 1. The number of carbonyl (C=O) groups is 2. The minimum absolute atomic E-state index is 0.0239. The van der Waals surface area contributed by atoms with E-state index in [1.54, 1.807) is 13.0 Å². The van der Waals surface area contributed by atoms with E-state index >= 15 is 0 Å². The van der Waals surface area contributed by atoms with E-state index in [1.807, 2.05) is 13.8 Å². The minimum Gasteiger partial charge on any atom is -0.469 e. The third kappa shape index (κ3) is 6.03. The fraction of sp³-hybridized carbons (Fsp3) is 0.500. The molecule has 7 heteroatoms. The Labute approximate surface area is 145 Å². The molecule has 128 valence electrons. The number of halogens is 2. The highest BCUT2D eigenvalue weighted by Crippen LogP contribution is 2.34. The molecule has 0 fully saturated rings. The Kier molecular flexibility index (Phi) is 7.85. The molecule has 0 spiro atoms. The van der Waals surface area contributed by atoms with E-state index in [2.05, 4.69) is 10.1 Å². The summed E-state index contributed by atoms with van der Waals surface area (Å²) in [5, 5.41) is 2.52. The van der Waals surface area contributed by atoms with Crippen LogP contribution < -0.4 is 5.32 Å². The maximum Gasteiger partial charge on any atom is 0.307 e. The first kappa shape index (κ1) is 19.8. The first-order chi connectivity index (χ1) is 10.8. The number of hydrogen-bond acceptors (Lipinski definition) is 4. The maximum absolute atomic E-state index is 13.8. The van der Waals surface area contributed by atoms with Crippen LogP contribution in [0.4, 0.5) is 4.39 Å². The average molecular weight is 362 g/mol. The van der Waals surface area contributed by atoms with Crippen LogP contribution in [-0.4, -0.2) is 30.8 Å². The number of methoxy groups -OCH3 is 1. The summed E-state index contributed by atoms with van der Waals surface area (Å²) in [6.07, 6.45) is 0.119. The molecule has 1 atom stereocenters. The predicted octanol–water partition coefficient (Wildman–Crippen LogP) is 3.76. The van der Waals surface area contributed by atoms with Gasteiger partial charge < -0.3 is 10.1 Å². The van der Waals surface area contributed by atoms with Crippen molar-refractivity contribution >= 4 is 35.2 Å². The summed E-state index contributed by atoms with van der Waals surface area (Å²) in [6.45, 7) is 5.73. The Balaban J connectivity index is 2.69. The number of amides is 1. The molecular weight excluding hydrogens is 341 g/mol. The summed E-state index contributed by atoms with van der Waals surface area (Å²) in [6, 6.07) is 2.96. The normalized spacial score (nSPS) is 12.1. The van der Waals surface area contributed by atoms with Crippen molar-refractivity contribution < 1.29 is 18.7 Å². The monoisotopic (exact) mass is 361 g/mol. The van der Waals surface area contributed by atoms with Crippen molar-refractivity contribution in [3.63, 3.8) is 0 Å². The Morgan fingerprint density at radius 2 is 2.00 bits per heavy atom. The summed E-state index contributed by atoms with van der Waals surface area (Å²) in [7, 11) is 1.30. The van der Waals surface area contributed by atoms with E-state index < -0.39 is 5.25 Å². The molecule has 0 unspecified atom stereocenters. The average Bonchev–Trinajstić information content (AvgIpc) is 2.48. The van der Waals surface area contributed by atoms with Crippen LogP contribution in [0.2, 0.25) is 5.02 Å². The summed E-state index contributed by atoms with van der Waals surface area (Å²) in [4.78, 5) is 23.7. The van der Waals surface area contributed by atoms with Gasteiger partial charge in [-0.25, -0.2) is 4.39 Å². The first-order valence-electron chi connectivity index (χ1n) is 7.26. The Bertz CT molecular complexity index is 581. The molecule has 1 aromatic rings. The highest BCUT2D eigenvalue weighted by atomic mass is 35.5. The van der Waals surface area contributed by atoms with Gasteiger partial charge in [-0.3, -0.25) is 9.59 Å². The summed E-state index contributed by atoms with van der Waals surface area (Å²) in [5.41, 5.74) is 0.565. The number of carbonyl (C=O) groups excluding carboxylic acids is 2. The Morgan fingerprint density at radius 1 is 1.35 bits per heavy atom. The van der Waals surface area contributed by atoms with Gasteiger partial charge in [-0.15, -0.1) is 11.8 Å². The van der Waals surface area contributed by atoms with E-state index in [0.29, 0.717) is 10.5 Å². The molecule has 0 aromatic heterocycles. The molecule has 1 aromatic carbocycles. The molecule has 0 bridgehead atoms. The third-order valence-electron chi connectivity index (χ3n) is 3.20. The van der Waals surface area contributed by atoms with E-state index in [1.165, 1.54) is 24.9 Å². The van der Waals surface area contributed by atoms with Crippen molar-refractivity contribution in [2.75, 3.05) is 13.7 Å². The quantitative estimate of drug-likeness (QED) is 0.593. The molecule has 0 aliphatic rings. The van der Waals surface area contributed by atoms with Crippen LogP contribution in [0.25, 0.3) is 0 Å². The first-order valence-corrected chi connectivity index (χ1v) is 8.52. The largest absolute Gasteiger partial charge is 0.469 e. The number of ether oxygens (including phenoxy) is 1. The zero-order valence-corrected chi connectivity index (χ0v) is 15.2. The van der Waals surface area contributed by atoms with Gasteiger partial charge in [0, 0.05) is 11.4 Å². The van der Waals surface area contributed by atoms with Gasteiger partial charge in [0.15, 0.2) is 0 Å². The van der Waals surface area contributed by atoms with Crippen LogP contribution in [0.1, 0.15) is 38.7 Å². The van der Waals surface area contributed by atoms with E-state index in [9.17, 15) is 14.0 Å². The smallest absolute Gasteiger partial charge is 0.307 e. The Hall–Kier alpha value is -1.27. The van der Waals surface area contributed by atoms with Gasteiger partial charge in [-0.1, -0.05) is 25.4 Å². The second-order valence-electron chi connectivity index (χ2n) is 5.34. The highest BCUT2D eigenvalue weighted by Gasteiger charge is 2.18. The lowest BCUT2D eigenvalue weighted by Crippen LogP contribution is -2.32. The van der Waals surface area contributed by atoms with Crippen molar-refractivity contribution in [3.05, 3.63) is 28.5 Å². The van der Waals surface area contributed by atoms with Crippen LogP contribution >= 0.6 is 23.4 Å². The number of thioether (sulfide) groups is 1. The number of esters is 1. The Morgan fingerprint density at radius 3 is 2.57 bits per heavy atom. The second kappa shape index (κ2) is 9.13. The predicted molar refractivity (Wildman–Crippen MR) is 90.5 cm³/mol. The van der Waals surface area contributed by atoms with Crippen LogP contribution in [0.15, 0.2) is 17.0 Å². The summed E-state index contributed by atoms with van der Waals surface area (Å²) in [5.74, 6) is -0.917. The number of nitrogens with one attached hydrogen (secondary N) is 1. The summed E-state index contributed by atoms with van der Waals surface area (Å²) < 4.78 is 18.3. The number of hydrogen-bond donors (Lipinski definition) is 1. The van der Waals surface area contributed by atoms with Crippen molar-refractivity contribution in [1.82, 2.24) is 5.32 Å². The SMILES string of the molecule is COC(=O)CCNC(=O)[C@H](C)Sc1cc(C(C)C)c(F)cc1Cl. The van der Waals surface area contributed by atoms with Crippen molar-refractivity contribution in [1.29, 1.82) is 0 Å². The molecule has 0 aliphatic carbocycles. The minimum atomic E-state index is -0.421. The molecule has 0 saturated heterocycles. The summed E-state index contributed by atoms with van der Waals surface area (Å²) >= 11 is 7.32. The molecule has 0 radical (unpaired) electrons. The molecule has 4 nitrogen and oxygen atoms in total. The van der Waals surface area contributed by atoms with Gasteiger partial charge in [-0.2, -0.15) is 0 Å². The zero-order valence-electron chi connectivity index (χ0n) is 13.6. The van der Waals surface area contributed by atoms with Crippen molar-refractivity contribution in [2.24, 2.45) is 0 Å². The standard InChI is InChI=1S/C16H21ClFNO3S/c1-9(2)11-7-14(12(17)8-13(11)18)23-10(3)16(21)19-6-5-15(20)22-4/h7-10H,5-6H2,1-4H3,(H,19,21)/t10-/m0/s1. The van der Waals surface area contributed by atoms with E-state index in [4.69, 9.17) is 11.6 Å². The molecule has 1 amide bonds. The van der Waals surface area contributed by atoms with Gasteiger partial charge in [-0.05, 0) is 30.5 Å². The molecule has 0 saturated carbocycles. The van der Waals surface area contributed by atoms with Crippen LogP contribution in [-0.2, 0) is 14.3 Å². The van der Waals surface area contributed by atoms with Gasteiger partial charge in [0.05, 0.1) is 23.8 Å². The van der Waals surface area contributed by atoms with Crippen LogP contribution in [0.5, 0.6) is 0 Å². The van der Waals surface area contributed by atoms with Gasteiger partial charge in [0.2, 0.25) is 5.91 Å². The van der Waals surface area contributed by atoms with Gasteiger partial charge in [0.25, 0.3) is 0 Å². The molecule has 1 rings (SSSR count). The third-order valence-corrected chi connectivity index (χ3v) is 4.79. The van der Waals surface area contributed by atoms with Crippen molar-refractivity contribution in [3.8, 4) is 0 Å². The lowest BCUT2D eigenvalue weighted by atomic mass is 10.0. The molecule has 23 heavy (non-hydrogen) atoms. The molecule has 0 aliphatic heterocycles.